The zero-order valence-electron chi connectivity index (χ0n) is 16.7. The Labute approximate surface area is 165 Å². The van der Waals surface area contributed by atoms with E-state index in [2.05, 4.69) is 22.2 Å². The third kappa shape index (κ3) is 4.49. The van der Waals surface area contributed by atoms with E-state index < -0.39 is 0 Å². The molecule has 1 amide bonds. The van der Waals surface area contributed by atoms with Gasteiger partial charge in [-0.25, -0.2) is 9.97 Å². The fraction of sp³-hybridized carbons (Fsp3) is 0.500. The van der Waals surface area contributed by atoms with E-state index in [0.29, 0.717) is 28.8 Å². The average molecular weight is 385 g/mol. The number of nitrogens with one attached hydrogen (secondary N) is 1. The van der Waals surface area contributed by atoms with Crippen LogP contribution < -0.4 is 10.1 Å². The number of carbonyl (C=O) groups excluding carboxylic acids is 1. The number of rotatable bonds is 6. The SMILES string of the molecule is CC[C@H](NC(=O)c1ccc(OC)nc1)[C@H]1CC[C@H](c2ccnc(F)c2C)CC1. The molecular weight excluding hydrogens is 357 g/mol. The summed E-state index contributed by atoms with van der Waals surface area (Å²) in [6, 6.07) is 5.49. The molecule has 1 aliphatic rings. The number of nitrogens with zero attached hydrogens (tertiary/aromatic N) is 2. The standard InChI is InChI=1S/C22H28FN3O2/c1-4-19(26-22(27)17-9-10-20(28-3)25-13-17)16-7-5-15(6-8-16)18-11-12-24-21(23)14(18)2/h9-13,15-16,19H,4-8H2,1-3H3,(H,26,27)/t15-,16-,19-/m0/s1. The summed E-state index contributed by atoms with van der Waals surface area (Å²) in [5.74, 6) is 0.823. The maximum Gasteiger partial charge on any atom is 0.253 e. The van der Waals surface area contributed by atoms with E-state index in [1.807, 2.05) is 13.0 Å². The van der Waals surface area contributed by atoms with Crippen LogP contribution in [0, 0.1) is 18.8 Å². The van der Waals surface area contributed by atoms with Crippen LogP contribution in [0.3, 0.4) is 0 Å². The van der Waals surface area contributed by atoms with E-state index in [0.717, 1.165) is 37.7 Å². The molecule has 1 N–H and O–H groups in total. The van der Waals surface area contributed by atoms with Gasteiger partial charge >= 0.3 is 0 Å². The lowest BCUT2D eigenvalue weighted by Crippen LogP contribution is -2.41. The molecule has 2 aromatic heterocycles. The van der Waals surface area contributed by atoms with Crippen molar-refractivity contribution in [1.29, 1.82) is 0 Å². The largest absolute Gasteiger partial charge is 0.481 e. The molecule has 1 fully saturated rings. The van der Waals surface area contributed by atoms with E-state index in [9.17, 15) is 9.18 Å². The van der Waals surface area contributed by atoms with Gasteiger partial charge in [-0.05, 0) is 68.6 Å². The monoisotopic (exact) mass is 385 g/mol. The first-order valence-electron chi connectivity index (χ1n) is 9.95. The molecule has 2 aromatic rings. The third-order valence-electron chi connectivity index (χ3n) is 5.93. The number of carbonyl (C=O) groups is 1. The van der Waals surface area contributed by atoms with Crippen LogP contribution in [0.25, 0.3) is 0 Å². The van der Waals surface area contributed by atoms with Crippen LogP contribution in [-0.2, 0) is 0 Å². The van der Waals surface area contributed by atoms with Gasteiger partial charge in [0.15, 0.2) is 0 Å². The van der Waals surface area contributed by atoms with Crippen LogP contribution >= 0.6 is 0 Å². The minimum absolute atomic E-state index is 0.101. The van der Waals surface area contributed by atoms with Crippen LogP contribution in [0.1, 0.15) is 66.4 Å². The number of amides is 1. The lowest BCUT2D eigenvalue weighted by Gasteiger charge is -2.34. The number of hydrogen-bond acceptors (Lipinski definition) is 4. The first-order valence-corrected chi connectivity index (χ1v) is 9.95. The molecule has 1 saturated carbocycles. The number of ether oxygens (including phenoxy) is 1. The van der Waals surface area contributed by atoms with Crippen molar-refractivity contribution >= 4 is 5.91 Å². The zero-order chi connectivity index (χ0) is 20.1. The fourth-order valence-corrected chi connectivity index (χ4v) is 4.24. The van der Waals surface area contributed by atoms with Gasteiger partial charge in [-0.3, -0.25) is 4.79 Å². The predicted molar refractivity (Wildman–Crippen MR) is 106 cm³/mol. The molecule has 6 heteroatoms. The fourth-order valence-electron chi connectivity index (χ4n) is 4.24. The molecule has 0 aliphatic heterocycles. The molecule has 0 bridgehead atoms. The lowest BCUT2D eigenvalue weighted by molar-refractivity contribution is 0.0909. The second kappa shape index (κ2) is 9.13. The van der Waals surface area contributed by atoms with Crippen molar-refractivity contribution in [2.45, 2.75) is 57.9 Å². The molecule has 3 rings (SSSR count). The average Bonchev–Trinajstić information content (AvgIpc) is 2.74. The van der Waals surface area contributed by atoms with Crippen molar-refractivity contribution in [3.63, 3.8) is 0 Å². The normalized spacial score (nSPS) is 20.4. The Morgan fingerprint density at radius 3 is 2.61 bits per heavy atom. The minimum Gasteiger partial charge on any atom is -0.481 e. The Hall–Kier alpha value is -2.50. The summed E-state index contributed by atoms with van der Waals surface area (Å²) in [6.07, 6.45) is 8.03. The Morgan fingerprint density at radius 1 is 1.25 bits per heavy atom. The summed E-state index contributed by atoms with van der Waals surface area (Å²) in [6.45, 7) is 3.91. The highest BCUT2D eigenvalue weighted by Gasteiger charge is 2.29. The number of halogens is 1. The van der Waals surface area contributed by atoms with E-state index in [1.165, 1.54) is 0 Å². The van der Waals surface area contributed by atoms with Crippen molar-refractivity contribution in [3.8, 4) is 5.88 Å². The second-order valence-electron chi connectivity index (χ2n) is 7.51. The highest BCUT2D eigenvalue weighted by molar-refractivity contribution is 5.94. The number of methoxy groups -OCH3 is 1. The van der Waals surface area contributed by atoms with Gasteiger partial charge in [-0.2, -0.15) is 4.39 Å². The zero-order valence-corrected chi connectivity index (χ0v) is 16.7. The van der Waals surface area contributed by atoms with Crippen LogP contribution in [0.5, 0.6) is 5.88 Å². The Morgan fingerprint density at radius 2 is 2.00 bits per heavy atom. The quantitative estimate of drug-likeness (QED) is 0.748. The predicted octanol–water partition coefficient (Wildman–Crippen LogP) is 4.42. The van der Waals surface area contributed by atoms with Crippen molar-refractivity contribution in [1.82, 2.24) is 15.3 Å². The summed E-state index contributed by atoms with van der Waals surface area (Å²) in [5, 5.41) is 3.18. The molecule has 28 heavy (non-hydrogen) atoms. The van der Waals surface area contributed by atoms with Crippen LogP contribution in [0.15, 0.2) is 30.6 Å². The Balaban J connectivity index is 1.60. The maximum absolute atomic E-state index is 13.8. The van der Waals surface area contributed by atoms with E-state index >= 15 is 0 Å². The van der Waals surface area contributed by atoms with Crippen molar-refractivity contribution in [2.24, 2.45) is 5.92 Å². The topological polar surface area (TPSA) is 64.1 Å². The molecule has 1 atom stereocenters. The van der Waals surface area contributed by atoms with Crippen LogP contribution in [0.2, 0.25) is 0 Å². The molecule has 0 unspecified atom stereocenters. The summed E-state index contributed by atoms with van der Waals surface area (Å²) >= 11 is 0. The molecule has 0 aromatic carbocycles. The van der Waals surface area contributed by atoms with Crippen LogP contribution in [0.4, 0.5) is 4.39 Å². The number of aromatic nitrogens is 2. The molecule has 2 heterocycles. The first-order chi connectivity index (χ1) is 13.5. The molecule has 5 nitrogen and oxygen atoms in total. The molecule has 0 spiro atoms. The van der Waals surface area contributed by atoms with Gasteiger partial charge in [-0.15, -0.1) is 0 Å². The molecular formula is C22H28FN3O2. The van der Waals surface area contributed by atoms with Crippen LogP contribution in [-0.4, -0.2) is 29.0 Å². The van der Waals surface area contributed by atoms with Gasteiger partial charge in [0.05, 0.1) is 12.7 Å². The summed E-state index contributed by atoms with van der Waals surface area (Å²) in [4.78, 5) is 20.4. The molecule has 150 valence electrons. The number of hydrogen-bond donors (Lipinski definition) is 1. The van der Waals surface area contributed by atoms with E-state index in [1.54, 1.807) is 31.6 Å². The molecule has 0 radical (unpaired) electrons. The van der Waals surface area contributed by atoms with Crippen molar-refractivity contribution in [2.75, 3.05) is 7.11 Å². The summed E-state index contributed by atoms with van der Waals surface area (Å²) in [5.41, 5.74) is 2.28. The highest BCUT2D eigenvalue weighted by Crippen LogP contribution is 2.38. The van der Waals surface area contributed by atoms with Gasteiger partial charge in [0.1, 0.15) is 0 Å². The Kier molecular flexibility index (Phi) is 6.60. The minimum atomic E-state index is -0.369. The van der Waals surface area contributed by atoms with Gasteiger partial charge in [0, 0.05) is 30.1 Å². The van der Waals surface area contributed by atoms with Gasteiger partial charge in [0.25, 0.3) is 5.91 Å². The maximum atomic E-state index is 13.8. The first kappa shape index (κ1) is 20.2. The van der Waals surface area contributed by atoms with Crippen molar-refractivity contribution in [3.05, 3.63) is 53.2 Å². The summed E-state index contributed by atoms with van der Waals surface area (Å²) in [7, 11) is 1.55. The number of pyridine rings is 2. The van der Waals surface area contributed by atoms with E-state index in [-0.39, 0.29) is 17.9 Å². The smallest absolute Gasteiger partial charge is 0.253 e. The molecule has 1 aliphatic carbocycles. The Bertz CT molecular complexity index is 802. The van der Waals surface area contributed by atoms with Gasteiger partial charge in [-0.1, -0.05) is 6.92 Å². The second-order valence-corrected chi connectivity index (χ2v) is 7.51. The third-order valence-corrected chi connectivity index (χ3v) is 5.93. The summed E-state index contributed by atoms with van der Waals surface area (Å²) < 4.78 is 18.8. The van der Waals surface area contributed by atoms with Gasteiger partial charge < -0.3 is 10.1 Å². The lowest BCUT2D eigenvalue weighted by atomic mass is 9.75. The van der Waals surface area contributed by atoms with E-state index in [4.69, 9.17) is 4.74 Å². The van der Waals surface area contributed by atoms with Gasteiger partial charge in [0.2, 0.25) is 11.8 Å². The van der Waals surface area contributed by atoms with Crippen molar-refractivity contribution < 1.29 is 13.9 Å². The highest BCUT2D eigenvalue weighted by atomic mass is 19.1. The molecule has 0 saturated heterocycles.